The number of aryl methyl sites for hydroxylation is 1. The Kier molecular flexibility index (Phi) is 6.96. The molecule has 1 aliphatic rings. The summed E-state index contributed by atoms with van der Waals surface area (Å²) in [6.07, 6.45) is -4.28. The van der Waals surface area contributed by atoms with Crippen molar-refractivity contribution in [1.29, 1.82) is 0 Å². The van der Waals surface area contributed by atoms with E-state index in [1.165, 1.54) is 24.3 Å². The van der Waals surface area contributed by atoms with Crippen LogP contribution in [0, 0.1) is 18.6 Å². The second-order valence-corrected chi connectivity index (χ2v) is 8.41. The molecule has 0 bridgehead atoms. The molecule has 0 N–H and O–H groups in total. The van der Waals surface area contributed by atoms with Crippen LogP contribution >= 0.6 is 23.4 Å². The molecule has 0 radical (unpaired) electrons. The second kappa shape index (κ2) is 9.10. The lowest BCUT2D eigenvalue weighted by Crippen LogP contribution is -2.46. The van der Waals surface area contributed by atoms with Crippen molar-refractivity contribution in [3.63, 3.8) is 0 Å². The SMILES string of the molecule is Cc1cc(F)c(N2CCN(Cc3ccc(Cl)c(F)c3)CC2)cc1SCC(F)(F)F. The van der Waals surface area contributed by atoms with Crippen molar-refractivity contribution in [2.45, 2.75) is 24.5 Å². The summed E-state index contributed by atoms with van der Waals surface area (Å²) in [4.78, 5) is 4.38. The van der Waals surface area contributed by atoms with Gasteiger partial charge in [-0.25, -0.2) is 8.78 Å². The third kappa shape index (κ3) is 5.99. The van der Waals surface area contributed by atoms with Gasteiger partial charge < -0.3 is 4.90 Å². The van der Waals surface area contributed by atoms with E-state index in [1.54, 1.807) is 13.0 Å². The number of thioether (sulfide) groups is 1. The molecule has 0 saturated carbocycles. The van der Waals surface area contributed by atoms with Crippen LogP contribution in [0.5, 0.6) is 0 Å². The molecule has 158 valence electrons. The van der Waals surface area contributed by atoms with Crippen LogP contribution in [0.4, 0.5) is 27.6 Å². The van der Waals surface area contributed by atoms with Gasteiger partial charge in [-0.2, -0.15) is 13.2 Å². The molecule has 0 atom stereocenters. The largest absolute Gasteiger partial charge is 0.398 e. The molecule has 29 heavy (non-hydrogen) atoms. The topological polar surface area (TPSA) is 6.48 Å². The molecule has 0 aliphatic carbocycles. The van der Waals surface area contributed by atoms with Gasteiger partial charge in [-0.1, -0.05) is 17.7 Å². The van der Waals surface area contributed by atoms with Crippen molar-refractivity contribution in [3.05, 3.63) is 58.1 Å². The Morgan fingerprint density at radius 3 is 2.31 bits per heavy atom. The predicted molar refractivity (Wildman–Crippen MR) is 107 cm³/mol. The third-order valence-electron chi connectivity index (χ3n) is 4.74. The van der Waals surface area contributed by atoms with E-state index in [0.29, 0.717) is 60.6 Å². The molecule has 2 aromatic rings. The Hall–Kier alpha value is -1.51. The number of hydrogen-bond donors (Lipinski definition) is 0. The smallest absolute Gasteiger partial charge is 0.367 e. The van der Waals surface area contributed by atoms with E-state index in [-0.39, 0.29) is 5.02 Å². The van der Waals surface area contributed by atoms with Gasteiger partial charge in [-0.15, -0.1) is 11.8 Å². The Bertz CT molecular complexity index is 867. The van der Waals surface area contributed by atoms with Crippen LogP contribution in [-0.2, 0) is 6.54 Å². The molecule has 2 aromatic carbocycles. The van der Waals surface area contributed by atoms with Crippen molar-refractivity contribution >= 4 is 29.1 Å². The highest BCUT2D eigenvalue weighted by Gasteiger charge is 2.28. The average Bonchev–Trinajstić information content (AvgIpc) is 2.64. The van der Waals surface area contributed by atoms with Crippen molar-refractivity contribution in [1.82, 2.24) is 4.90 Å². The minimum absolute atomic E-state index is 0.0765. The summed E-state index contributed by atoms with van der Waals surface area (Å²) >= 11 is 6.37. The standard InChI is InChI=1S/C20H20ClF5N2S/c1-13-8-17(23)18(10-19(13)29-12-20(24,25)26)28-6-4-27(5-7-28)11-14-2-3-15(21)16(22)9-14/h2-3,8-10H,4-7,11-12H2,1H3. The number of alkyl halides is 3. The Balaban J connectivity index is 1.64. The first-order valence-electron chi connectivity index (χ1n) is 9.03. The lowest BCUT2D eigenvalue weighted by atomic mass is 10.1. The van der Waals surface area contributed by atoms with Gasteiger partial charge >= 0.3 is 6.18 Å². The zero-order valence-corrected chi connectivity index (χ0v) is 17.3. The van der Waals surface area contributed by atoms with Crippen LogP contribution in [0.25, 0.3) is 0 Å². The zero-order chi connectivity index (χ0) is 21.2. The Labute approximate surface area is 175 Å². The monoisotopic (exact) mass is 450 g/mol. The van der Waals surface area contributed by atoms with Crippen LogP contribution in [0.15, 0.2) is 35.2 Å². The molecular weight excluding hydrogens is 431 g/mol. The number of halogens is 6. The average molecular weight is 451 g/mol. The van der Waals surface area contributed by atoms with Crippen LogP contribution < -0.4 is 4.90 Å². The highest BCUT2D eigenvalue weighted by atomic mass is 35.5. The van der Waals surface area contributed by atoms with Crippen molar-refractivity contribution in [2.75, 3.05) is 36.8 Å². The Morgan fingerprint density at radius 2 is 1.69 bits per heavy atom. The van der Waals surface area contributed by atoms with E-state index < -0.39 is 23.6 Å². The third-order valence-corrected chi connectivity index (χ3v) is 6.27. The highest BCUT2D eigenvalue weighted by Crippen LogP contribution is 2.34. The fourth-order valence-electron chi connectivity index (χ4n) is 3.24. The first-order chi connectivity index (χ1) is 13.6. The van der Waals surface area contributed by atoms with E-state index in [4.69, 9.17) is 11.6 Å². The minimum atomic E-state index is -4.28. The van der Waals surface area contributed by atoms with E-state index in [0.717, 1.165) is 5.56 Å². The van der Waals surface area contributed by atoms with Gasteiger partial charge in [0.05, 0.1) is 16.5 Å². The summed E-state index contributed by atoms with van der Waals surface area (Å²) in [5.41, 5.74) is 1.61. The molecule has 1 fully saturated rings. The molecule has 2 nitrogen and oxygen atoms in total. The first-order valence-corrected chi connectivity index (χ1v) is 10.4. The predicted octanol–water partition coefficient (Wildman–Crippen LogP) is 5.90. The van der Waals surface area contributed by atoms with Crippen LogP contribution in [0.3, 0.4) is 0 Å². The normalized spacial score (nSPS) is 15.8. The highest BCUT2D eigenvalue weighted by molar-refractivity contribution is 7.99. The molecule has 0 unspecified atom stereocenters. The lowest BCUT2D eigenvalue weighted by Gasteiger charge is -2.36. The zero-order valence-electron chi connectivity index (χ0n) is 15.7. The summed E-state index contributed by atoms with van der Waals surface area (Å²) in [7, 11) is 0. The number of rotatable bonds is 5. The van der Waals surface area contributed by atoms with Gasteiger partial charge in [0, 0.05) is 37.6 Å². The molecule has 0 amide bonds. The molecule has 9 heteroatoms. The van der Waals surface area contributed by atoms with Gasteiger partial charge in [-0.3, -0.25) is 4.90 Å². The summed E-state index contributed by atoms with van der Waals surface area (Å²) < 4.78 is 65.7. The summed E-state index contributed by atoms with van der Waals surface area (Å²) in [6.45, 7) is 4.46. The van der Waals surface area contributed by atoms with E-state index >= 15 is 0 Å². The van der Waals surface area contributed by atoms with Crippen molar-refractivity contribution in [3.8, 4) is 0 Å². The number of piperazine rings is 1. The molecule has 0 aromatic heterocycles. The molecule has 3 rings (SSSR count). The van der Waals surface area contributed by atoms with E-state index in [1.807, 2.05) is 4.90 Å². The van der Waals surface area contributed by atoms with Gasteiger partial charge in [0.2, 0.25) is 0 Å². The minimum Gasteiger partial charge on any atom is -0.367 e. The molecule has 1 aliphatic heterocycles. The van der Waals surface area contributed by atoms with Gasteiger partial charge in [0.25, 0.3) is 0 Å². The maximum absolute atomic E-state index is 14.5. The van der Waals surface area contributed by atoms with Gasteiger partial charge in [0.1, 0.15) is 11.6 Å². The van der Waals surface area contributed by atoms with Gasteiger partial charge in [-0.05, 0) is 42.3 Å². The Morgan fingerprint density at radius 1 is 1.00 bits per heavy atom. The maximum Gasteiger partial charge on any atom is 0.398 e. The number of anilines is 1. The van der Waals surface area contributed by atoms with Crippen LogP contribution in [0.2, 0.25) is 5.02 Å². The van der Waals surface area contributed by atoms with Crippen molar-refractivity contribution < 1.29 is 22.0 Å². The second-order valence-electron chi connectivity index (χ2n) is 6.98. The molecular formula is C20H20ClF5N2S. The lowest BCUT2D eigenvalue weighted by molar-refractivity contribution is -0.105. The summed E-state index contributed by atoms with van der Waals surface area (Å²) in [5.74, 6) is -1.91. The summed E-state index contributed by atoms with van der Waals surface area (Å²) in [5, 5.41) is 0.0765. The van der Waals surface area contributed by atoms with E-state index in [2.05, 4.69) is 4.90 Å². The quantitative estimate of drug-likeness (QED) is 0.413. The first kappa shape index (κ1) is 22.2. The molecule has 0 spiro atoms. The van der Waals surface area contributed by atoms with Crippen molar-refractivity contribution in [2.24, 2.45) is 0 Å². The molecule has 1 heterocycles. The fourth-order valence-corrected chi connectivity index (χ4v) is 4.16. The van der Waals surface area contributed by atoms with E-state index in [9.17, 15) is 22.0 Å². The fraction of sp³-hybridized carbons (Fsp3) is 0.400. The van der Waals surface area contributed by atoms with Crippen LogP contribution in [-0.4, -0.2) is 43.0 Å². The number of nitrogens with zero attached hydrogens (tertiary/aromatic N) is 2. The number of hydrogen-bond acceptors (Lipinski definition) is 3. The van der Waals surface area contributed by atoms with Crippen LogP contribution in [0.1, 0.15) is 11.1 Å². The summed E-state index contributed by atoms with van der Waals surface area (Å²) in [6, 6.07) is 7.48. The van der Waals surface area contributed by atoms with Gasteiger partial charge in [0.15, 0.2) is 0 Å². The maximum atomic E-state index is 14.5. The molecule has 1 saturated heterocycles. The number of benzene rings is 2.